The molecule has 0 fully saturated rings. The molecular formula is C20H18ClN5O. The molecule has 0 saturated heterocycles. The van der Waals surface area contributed by atoms with Gasteiger partial charge in [0.2, 0.25) is 0 Å². The van der Waals surface area contributed by atoms with Crippen molar-refractivity contribution in [1.29, 1.82) is 0 Å². The van der Waals surface area contributed by atoms with Crippen LogP contribution in [0.5, 0.6) is 0 Å². The number of benzene rings is 1. The molecule has 3 aromatic heterocycles. The molecule has 6 nitrogen and oxygen atoms in total. The van der Waals surface area contributed by atoms with Gasteiger partial charge in [0.1, 0.15) is 11.3 Å². The van der Waals surface area contributed by atoms with Crippen LogP contribution in [0, 0.1) is 0 Å². The van der Waals surface area contributed by atoms with Gasteiger partial charge in [0.15, 0.2) is 0 Å². The van der Waals surface area contributed by atoms with Crippen LogP contribution in [-0.4, -0.2) is 25.7 Å². The molecule has 0 saturated carbocycles. The Hall–Kier alpha value is -3.12. The fourth-order valence-electron chi connectivity index (χ4n) is 3.10. The maximum atomic E-state index is 12.8. The van der Waals surface area contributed by atoms with Gasteiger partial charge >= 0.3 is 0 Å². The number of hydrogen-bond donors (Lipinski definition) is 2. The SMILES string of the molecule is C[C@@H](NC(=O)c1cc2ccc(-c3cn[nH]c3)nc2n1C)c1cccc(Cl)c1. The number of pyridine rings is 1. The van der Waals surface area contributed by atoms with E-state index in [1.807, 2.05) is 56.4 Å². The number of carbonyl (C=O) groups is 1. The minimum absolute atomic E-state index is 0.159. The highest BCUT2D eigenvalue weighted by Gasteiger charge is 2.17. The summed E-state index contributed by atoms with van der Waals surface area (Å²) in [6.07, 6.45) is 3.51. The lowest BCUT2D eigenvalue weighted by molar-refractivity contribution is 0.0932. The second-order valence-corrected chi connectivity index (χ2v) is 6.87. The molecule has 1 amide bonds. The monoisotopic (exact) mass is 379 g/mol. The molecular weight excluding hydrogens is 362 g/mol. The topological polar surface area (TPSA) is 75.6 Å². The van der Waals surface area contributed by atoms with Crippen molar-refractivity contribution in [3.8, 4) is 11.3 Å². The Morgan fingerprint density at radius 3 is 2.85 bits per heavy atom. The van der Waals surface area contributed by atoms with Gasteiger partial charge in [-0.2, -0.15) is 5.10 Å². The second-order valence-electron chi connectivity index (χ2n) is 6.44. The van der Waals surface area contributed by atoms with E-state index in [4.69, 9.17) is 11.6 Å². The van der Waals surface area contributed by atoms with Crippen LogP contribution in [0.4, 0.5) is 0 Å². The molecule has 136 valence electrons. The standard InChI is InChI=1S/C20H18ClN5O/c1-12(13-4-3-5-16(21)8-13)24-20(27)18-9-14-6-7-17(15-10-22-23-11-15)25-19(14)26(18)2/h3-12H,1-2H3,(H,22,23)(H,24,27)/t12-/m1/s1. The second kappa shape index (κ2) is 6.89. The number of rotatable bonds is 4. The molecule has 4 rings (SSSR count). The Morgan fingerprint density at radius 2 is 2.11 bits per heavy atom. The van der Waals surface area contributed by atoms with Crippen molar-refractivity contribution in [1.82, 2.24) is 25.1 Å². The van der Waals surface area contributed by atoms with Crippen molar-refractivity contribution in [2.75, 3.05) is 0 Å². The van der Waals surface area contributed by atoms with Gasteiger partial charge in [0.25, 0.3) is 5.91 Å². The number of nitrogens with one attached hydrogen (secondary N) is 2. The summed E-state index contributed by atoms with van der Waals surface area (Å²) in [5.74, 6) is -0.159. The number of hydrogen-bond acceptors (Lipinski definition) is 3. The summed E-state index contributed by atoms with van der Waals surface area (Å²) in [6, 6.07) is 13.0. The molecule has 0 aliphatic heterocycles. The van der Waals surface area contributed by atoms with E-state index in [-0.39, 0.29) is 11.9 Å². The molecule has 1 aromatic carbocycles. The Bertz CT molecular complexity index is 1120. The molecule has 3 heterocycles. The van der Waals surface area contributed by atoms with Gasteiger partial charge < -0.3 is 9.88 Å². The first-order chi connectivity index (χ1) is 13.0. The van der Waals surface area contributed by atoms with Gasteiger partial charge in [-0.25, -0.2) is 4.98 Å². The van der Waals surface area contributed by atoms with Crippen LogP contribution in [0.2, 0.25) is 5.02 Å². The van der Waals surface area contributed by atoms with E-state index in [2.05, 4.69) is 20.5 Å². The Balaban J connectivity index is 1.63. The Morgan fingerprint density at radius 1 is 1.26 bits per heavy atom. The summed E-state index contributed by atoms with van der Waals surface area (Å²) in [4.78, 5) is 17.5. The molecule has 1 atom stereocenters. The number of aromatic amines is 1. The third-order valence-electron chi connectivity index (χ3n) is 4.60. The van der Waals surface area contributed by atoms with Crippen LogP contribution in [0.1, 0.15) is 29.0 Å². The van der Waals surface area contributed by atoms with Gasteiger partial charge in [-0.05, 0) is 42.8 Å². The minimum Gasteiger partial charge on any atom is -0.344 e. The summed E-state index contributed by atoms with van der Waals surface area (Å²) in [5, 5.41) is 11.3. The van der Waals surface area contributed by atoms with E-state index in [9.17, 15) is 4.79 Å². The van der Waals surface area contributed by atoms with Crippen molar-refractivity contribution < 1.29 is 4.79 Å². The molecule has 7 heteroatoms. The van der Waals surface area contributed by atoms with E-state index in [0.717, 1.165) is 27.9 Å². The van der Waals surface area contributed by atoms with Crippen LogP contribution in [-0.2, 0) is 7.05 Å². The number of halogens is 1. The first-order valence-corrected chi connectivity index (χ1v) is 8.92. The maximum Gasteiger partial charge on any atom is 0.268 e. The lowest BCUT2D eigenvalue weighted by Gasteiger charge is -2.15. The zero-order chi connectivity index (χ0) is 19.0. The molecule has 27 heavy (non-hydrogen) atoms. The fraction of sp³-hybridized carbons (Fsp3) is 0.150. The van der Waals surface area contributed by atoms with Crippen LogP contribution in [0.15, 0.2) is 54.9 Å². The summed E-state index contributed by atoms with van der Waals surface area (Å²) in [6.45, 7) is 1.93. The number of H-pyrrole nitrogens is 1. The maximum absolute atomic E-state index is 12.8. The number of aryl methyl sites for hydroxylation is 1. The van der Waals surface area contributed by atoms with E-state index >= 15 is 0 Å². The molecule has 0 radical (unpaired) electrons. The van der Waals surface area contributed by atoms with Gasteiger partial charge in [-0.15, -0.1) is 0 Å². The largest absolute Gasteiger partial charge is 0.344 e. The van der Waals surface area contributed by atoms with Gasteiger partial charge in [0, 0.05) is 29.2 Å². The van der Waals surface area contributed by atoms with Crippen molar-refractivity contribution >= 4 is 28.5 Å². The van der Waals surface area contributed by atoms with E-state index in [1.165, 1.54) is 0 Å². The average molecular weight is 380 g/mol. The molecule has 0 unspecified atom stereocenters. The average Bonchev–Trinajstić information content (AvgIpc) is 3.30. The number of aromatic nitrogens is 4. The number of amides is 1. The van der Waals surface area contributed by atoms with Crippen LogP contribution in [0.25, 0.3) is 22.3 Å². The minimum atomic E-state index is -0.163. The fourth-order valence-corrected chi connectivity index (χ4v) is 3.30. The first-order valence-electron chi connectivity index (χ1n) is 8.55. The Labute approximate surface area is 161 Å². The summed E-state index contributed by atoms with van der Waals surface area (Å²) >= 11 is 6.05. The summed E-state index contributed by atoms with van der Waals surface area (Å²) in [5.41, 5.74) is 3.95. The quantitative estimate of drug-likeness (QED) is 0.560. The number of carbonyl (C=O) groups excluding carboxylic acids is 1. The van der Waals surface area contributed by atoms with Crippen molar-refractivity contribution in [3.63, 3.8) is 0 Å². The number of fused-ring (bicyclic) bond motifs is 1. The molecule has 0 bridgehead atoms. The van der Waals surface area contributed by atoms with E-state index < -0.39 is 0 Å². The lowest BCUT2D eigenvalue weighted by Crippen LogP contribution is -2.28. The van der Waals surface area contributed by atoms with Crippen molar-refractivity contribution in [3.05, 3.63) is 71.1 Å². The van der Waals surface area contributed by atoms with Crippen molar-refractivity contribution in [2.45, 2.75) is 13.0 Å². The Kier molecular flexibility index (Phi) is 4.41. The van der Waals surface area contributed by atoms with E-state index in [0.29, 0.717) is 10.7 Å². The predicted molar refractivity (Wildman–Crippen MR) is 106 cm³/mol. The highest BCUT2D eigenvalue weighted by molar-refractivity contribution is 6.30. The third-order valence-corrected chi connectivity index (χ3v) is 4.83. The first kappa shape index (κ1) is 17.3. The molecule has 2 N–H and O–H groups in total. The zero-order valence-corrected chi connectivity index (χ0v) is 15.7. The van der Waals surface area contributed by atoms with Crippen molar-refractivity contribution in [2.24, 2.45) is 7.05 Å². The summed E-state index contributed by atoms with van der Waals surface area (Å²) in [7, 11) is 1.84. The van der Waals surface area contributed by atoms with Gasteiger partial charge in [-0.3, -0.25) is 9.89 Å². The highest BCUT2D eigenvalue weighted by atomic mass is 35.5. The zero-order valence-electron chi connectivity index (χ0n) is 14.9. The van der Waals surface area contributed by atoms with Crippen LogP contribution in [0.3, 0.4) is 0 Å². The molecule has 0 aliphatic carbocycles. The van der Waals surface area contributed by atoms with Crippen LogP contribution < -0.4 is 5.32 Å². The third kappa shape index (κ3) is 3.31. The number of nitrogens with zero attached hydrogens (tertiary/aromatic N) is 3. The predicted octanol–water partition coefficient (Wildman–Crippen LogP) is 4.11. The normalized spacial score (nSPS) is 12.3. The smallest absolute Gasteiger partial charge is 0.268 e. The molecule has 0 spiro atoms. The van der Waals surface area contributed by atoms with Crippen LogP contribution >= 0.6 is 11.6 Å². The van der Waals surface area contributed by atoms with Gasteiger partial charge in [0.05, 0.1) is 17.9 Å². The highest BCUT2D eigenvalue weighted by Crippen LogP contribution is 2.23. The van der Waals surface area contributed by atoms with Gasteiger partial charge in [-0.1, -0.05) is 23.7 Å². The molecule has 0 aliphatic rings. The lowest BCUT2D eigenvalue weighted by atomic mass is 10.1. The molecule has 4 aromatic rings. The van der Waals surface area contributed by atoms with E-state index in [1.54, 1.807) is 17.0 Å². The summed E-state index contributed by atoms with van der Waals surface area (Å²) < 4.78 is 1.80.